The Morgan fingerprint density at radius 2 is 2.00 bits per heavy atom. The summed E-state index contributed by atoms with van der Waals surface area (Å²) in [7, 11) is 1.93. The molecule has 1 rings (SSSR count). The van der Waals surface area contributed by atoms with Gasteiger partial charge in [0.1, 0.15) is 5.82 Å². The average molecular weight is 260 g/mol. The molecular weight excluding hydrogens is 245 g/mol. The topological polar surface area (TPSA) is 12.0 Å². The molecule has 3 heteroatoms. The van der Waals surface area contributed by atoms with E-state index in [4.69, 9.17) is 0 Å². The molecule has 0 amide bonds. The molecule has 0 bridgehead atoms. The van der Waals surface area contributed by atoms with E-state index in [9.17, 15) is 4.39 Å². The standard InChI is InChI=1S/C11H15BrFN/c1-7(8(2)14-3)9-4-5-11(13)10(12)6-9/h4-8,14H,1-3H3. The number of nitrogens with one attached hydrogen (secondary N) is 1. The van der Waals surface area contributed by atoms with E-state index >= 15 is 0 Å². The third-order valence-corrected chi connectivity index (χ3v) is 3.28. The van der Waals surface area contributed by atoms with E-state index in [1.165, 1.54) is 6.07 Å². The van der Waals surface area contributed by atoms with Gasteiger partial charge >= 0.3 is 0 Å². The first-order chi connectivity index (χ1) is 6.56. The van der Waals surface area contributed by atoms with Crippen molar-refractivity contribution in [2.75, 3.05) is 7.05 Å². The van der Waals surface area contributed by atoms with E-state index in [1.807, 2.05) is 19.2 Å². The van der Waals surface area contributed by atoms with Gasteiger partial charge in [-0.25, -0.2) is 4.39 Å². The fourth-order valence-electron chi connectivity index (χ4n) is 1.33. The smallest absolute Gasteiger partial charge is 0.137 e. The SMILES string of the molecule is CNC(C)C(C)c1ccc(F)c(Br)c1. The predicted octanol–water partition coefficient (Wildman–Crippen LogP) is 3.30. The lowest BCUT2D eigenvalue weighted by Gasteiger charge is -2.19. The summed E-state index contributed by atoms with van der Waals surface area (Å²) in [6, 6.07) is 5.55. The number of halogens is 2. The molecule has 0 aliphatic heterocycles. The van der Waals surface area contributed by atoms with Crippen molar-refractivity contribution in [2.24, 2.45) is 0 Å². The largest absolute Gasteiger partial charge is 0.317 e. The van der Waals surface area contributed by atoms with Crippen molar-refractivity contribution in [1.29, 1.82) is 0 Å². The van der Waals surface area contributed by atoms with Crippen molar-refractivity contribution in [3.63, 3.8) is 0 Å². The highest BCUT2D eigenvalue weighted by Crippen LogP contribution is 2.24. The van der Waals surface area contributed by atoms with E-state index in [-0.39, 0.29) is 5.82 Å². The number of hydrogen-bond donors (Lipinski definition) is 1. The van der Waals surface area contributed by atoms with Crippen LogP contribution in [0.4, 0.5) is 4.39 Å². The summed E-state index contributed by atoms with van der Waals surface area (Å²) in [6.07, 6.45) is 0. The second-order valence-corrected chi connectivity index (χ2v) is 4.39. The first-order valence-electron chi connectivity index (χ1n) is 4.68. The quantitative estimate of drug-likeness (QED) is 0.879. The van der Waals surface area contributed by atoms with Gasteiger partial charge in [-0.05, 0) is 53.5 Å². The number of benzene rings is 1. The molecular formula is C11H15BrFN. The maximum Gasteiger partial charge on any atom is 0.137 e. The number of hydrogen-bond acceptors (Lipinski definition) is 1. The van der Waals surface area contributed by atoms with Gasteiger partial charge in [0.25, 0.3) is 0 Å². The van der Waals surface area contributed by atoms with Crippen LogP contribution in [0, 0.1) is 5.82 Å². The van der Waals surface area contributed by atoms with Crippen LogP contribution in [0.1, 0.15) is 25.3 Å². The highest BCUT2D eigenvalue weighted by molar-refractivity contribution is 9.10. The maximum absolute atomic E-state index is 13.0. The minimum absolute atomic E-state index is 0.210. The fourth-order valence-corrected chi connectivity index (χ4v) is 1.73. The first-order valence-corrected chi connectivity index (χ1v) is 5.47. The highest BCUT2D eigenvalue weighted by atomic mass is 79.9. The van der Waals surface area contributed by atoms with Gasteiger partial charge in [0.05, 0.1) is 4.47 Å². The molecule has 0 fully saturated rings. The van der Waals surface area contributed by atoms with Crippen LogP contribution in [0.2, 0.25) is 0 Å². The number of likely N-dealkylation sites (N-methyl/N-ethyl adjacent to an activating group) is 1. The minimum atomic E-state index is -0.210. The van der Waals surface area contributed by atoms with Crippen molar-refractivity contribution in [2.45, 2.75) is 25.8 Å². The normalized spacial score (nSPS) is 15.2. The van der Waals surface area contributed by atoms with E-state index < -0.39 is 0 Å². The molecule has 2 unspecified atom stereocenters. The van der Waals surface area contributed by atoms with Gasteiger partial charge in [0, 0.05) is 6.04 Å². The van der Waals surface area contributed by atoms with E-state index in [0.29, 0.717) is 16.4 Å². The summed E-state index contributed by atoms with van der Waals surface area (Å²) in [4.78, 5) is 0. The van der Waals surface area contributed by atoms with Crippen LogP contribution in [-0.2, 0) is 0 Å². The Balaban J connectivity index is 2.91. The Morgan fingerprint density at radius 1 is 1.36 bits per heavy atom. The molecule has 1 aromatic carbocycles. The van der Waals surface area contributed by atoms with Crippen LogP contribution >= 0.6 is 15.9 Å². The van der Waals surface area contributed by atoms with Crippen LogP contribution < -0.4 is 5.32 Å². The fraction of sp³-hybridized carbons (Fsp3) is 0.455. The second kappa shape index (κ2) is 4.89. The van der Waals surface area contributed by atoms with Gasteiger partial charge in [-0.2, -0.15) is 0 Å². The Hall–Kier alpha value is -0.410. The first kappa shape index (κ1) is 11.7. The zero-order valence-electron chi connectivity index (χ0n) is 8.64. The monoisotopic (exact) mass is 259 g/mol. The number of rotatable bonds is 3. The van der Waals surface area contributed by atoms with E-state index in [2.05, 4.69) is 35.1 Å². The van der Waals surface area contributed by atoms with E-state index in [1.54, 1.807) is 0 Å². The molecule has 14 heavy (non-hydrogen) atoms. The summed E-state index contributed by atoms with van der Waals surface area (Å²) < 4.78 is 13.5. The van der Waals surface area contributed by atoms with Gasteiger partial charge in [-0.1, -0.05) is 13.0 Å². The van der Waals surface area contributed by atoms with Gasteiger partial charge in [-0.3, -0.25) is 0 Å². The van der Waals surface area contributed by atoms with E-state index in [0.717, 1.165) is 5.56 Å². The molecule has 0 heterocycles. The minimum Gasteiger partial charge on any atom is -0.317 e. The molecule has 0 spiro atoms. The lowest BCUT2D eigenvalue weighted by Crippen LogP contribution is -2.27. The summed E-state index contributed by atoms with van der Waals surface area (Å²) in [5.41, 5.74) is 1.14. The summed E-state index contributed by atoms with van der Waals surface area (Å²) >= 11 is 3.19. The highest BCUT2D eigenvalue weighted by Gasteiger charge is 2.13. The van der Waals surface area contributed by atoms with Crippen molar-refractivity contribution < 1.29 is 4.39 Å². The Labute approximate surface area is 92.8 Å². The van der Waals surface area contributed by atoms with Crippen LogP contribution in [0.25, 0.3) is 0 Å². The van der Waals surface area contributed by atoms with Crippen molar-refractivity contribution in [3.05, 3.63) is 34.1 Å². The summed E-state index contributed by atoms with van der Waals surface area (Å²) in [6.45, 7) is 4.24. The van der Waals surface area contributed by atoms with Gasteiger partial charge in [0.2, 0.25) is 0 Å². The molecule has 0 aliphatic rings. The van der Waals surface area contributed by atoms with Gasteiger partial charge in [-0.15, -0.1) is 0 Å². The second-order valence-electron chi connectivity index (χ2n) is 3.54. The Morgan fingerprint density at radius 3 is 2.50 bits per heavy atom. The summed E-state index contributed by atoms with van der Waals surface area (Å²) in [5, 5.41) is 3.19. The van der Waals surface area contributed by atoms with Crippen LogP contribution in [0.3, 0.4) is 0 Å². The van der Waals surface area contributed by atoms with Crippen molar-refractivity contribution >= 4 is 15.9 Å². The van der Waals surface area contributed by atoms with Crippen LogP contribution in [-0.4, -0.2) is 13.1 Å². The molecule has 1 nitrogen and oxygen atoms in total. The Bertz CT molecular complexity index is 314. The zero-order valence-corrected chi connectivity index (χ0v) is 10.2. The van der Waals surface area contributed by atoms with Crippen molar-refractivity contribution in [3.8, 4) is 0 Å². The molecule has 0 saturated heterocycles. The molecule has 0 aliphatic carbocycles. The molecule has 2 atom stereocenters. The van der Waals surface area contributed by atoms with Crippen LogP contribution in [0.5, 0.6) is 0 Å². The molecule has 0 aromatic heterocycles. The average Bonchev–Trinajstić information content (AvgIpc) is 2.20. The van der Waals surface area contributed by atoms with Crippen LogP contribution in [0.15, 0.2) is 22.7 Å². The maximum atomic E-state index is 13.0. The third kappa shape index (κ3) is 2.55. The van der Waals surface area contributed by atoms with Gasteiger partial charge in [0.15, 0.2) is 0 Å². The molecule has 1 aromatic rings. The molecule has 0 radical (unpaired) electrons. The Kier molecular flexibility index (Phi) is 4.08. The molecule has 1 N–H and O–H groups in total. The summed E-state index contributed by atoms with van der Waals surface area (Å²) in [5.74, 6) is 0.162. The van der Waals surface area contributed by atoms with Gasteiger partial charge < -0.3 is 5.32 Å². The zero-order chi connectivity index (χ0) is 10.7. The lowest BCUT2D eigenvalue weighted by molar-refractivity contribution is 0.522. The lowest BCUT2D eigenvalue weighted by atomic mass is 9.95. The molecule has 0 saturated carbocycles. The third-order valence-electron chi connectivity index (χ3n) is 2.67. The predicted molar refractivity (Wildman–Crippen MR) is 61.0 cm³/mol. The van der Waals surface area contributed by atoms with Crippen molar-refractivity contribution in [1.82, 2.24) is 5.32 Å². The molecule has 78 valence electrons.